The molecule has 0 bridgehead atoms. The maximum absolute atomic E-state index is 2.50. The molecular formula is C42H34MgSi. The second-order valence-electron chi connectivity index (χ2n) is 12.7. The van der Waals surface area contributed by atoms with E-state index >= 15 is 0 Å². The highest BCUT2D eigenvalue weighted by molar-refractivity contribution is 6.79. The van der Waals surface area contributed by atoms with E-state index in [2.05, 4.69) is 154 Å². The van der Waals surface area contributed by atoms with E-state index in [1.54, 1.807) is 14.4 Å². The molecule has 0 amide bonds. The van der Waals surface area contributed by atoms with Gasteiger partial charge in [-0.15, -0.1) is 0 Å². The summed E-state index contributed by atoms with van der Waals surface area (Å²) in [6.45, 7) is 9.76. The van der Waals surface area contributed by atoms with Gasteiger partial charge in [-0.3, -0.25) is 0 Å². The molecule has 2 heteroatoms. The van der Waals surface area contributed by atoms with E-state index in [4.69, 9.17) is 0 Å². The Morgan fingerprint density at radius 3 is 1.75 bits per heavy atom. The summed E-state index contributed by atoms with van der Waals surface area (Å²) in [5.41, 5.74) is 14.6. The molecular weight excluding hydrogens is 557 g/mol. The summed E-state index contributed by atoms with van der Waals surface area (Å²) >= 11 is -0.679. The van der Waals surface area contributed by atoms with Crippen LogP contribution >= 0.6 is 0 Å². The Hall–Kier alpha value is -3.83. The van der Waals surface area contributed by atoms with E-state index in [0.717, 1.165) is 0 Å². The Morgan fingerprint density at radius 1 is 0.545 bits per heavy atom. The molecule has 0 saturated carbocycles. The van der Waals surface area contributed by atoms with E-state index in [1.807, 2.05) is 0 Å². The summed E-state index contributed by atoms with van der Waals surface area (Å²) in [7, 11) is -0.690. The molecule has 0 fully saturated rings. The third-order valence-corrected chi connectivity index (χ3v) is 14.4. The van der Waals surface area contributed by atoms with Crippen LogP contribution in [0.4, 0.5) is 0 Å². The number of fused-ring (bicyclic) bond motifs is 4. The summed E-state index contributed by atoms with van der Waals surface area (Å²) in [6, 6.07) is 45.3. The topological polar surface area (TPSA) is 0 Å². The highest BCUT2D eigenvalue weighted by Gasteiger charge is 2.33. The maximum Gasteiger partial charge on any atom is 0.426 e. The standard InChI is InChI=1S/C22H19Si.C20H15.Mg/c1-15-14-17-10-7-13-20(21(17)22(15)23(2)3)19-12-6-9-16-8-4-5-11-18(16)19;1-14-12-16-8-5-11-19(20(16)13-14)18-10-4-7-15-6-2-3-9-17(15)18;/h4-13H,1-3H3;2-13H,1H3;. The summed E-state index contributed by atoms with van der Waals surface area (Å²) in [5, 5.41) is 6.93. The molecule has 0 spiro atoms. The highest BCUT2D eigenvalue weighted by atomic mass is 28.2. The minimum atomic E-state index is -0.690. The van der Waals surface area contributed by atoms with Crippen LogP contribution in [-0.4, -0.2) is 33.9 Å². The lowest BCUT2D eigenvalue weighted by Gasteiger charge is -2.18. The Kier molecular flexibility index (Phi) is 6.90. The molecule has 2 aliphatic carbocycles. The number of hydrogen-bond acceptors (Lipinski definition) is 0. The zero-order valence-corrected chi connectivity index (χ0v) is 28.3. The Labute approximate surface area is 271 Å². The molecule has 208 valence electrons. The monoisotopic (exact) mass is 590 g/mol. The Bertz CT molecular complexity index is 2230. The van der Waals surface area contributed by atoms with Gasteiger partial charge in [0.1, 0.15) is 0 Å². The fourth-order valence-electron chi connectivity index (χ4n) is 7.98. The average Bonchev–Trinajstić information content (AvgIpc) is 3.53. The summed E-state index contributed by atoms with van der Waals surface area (Å²) in [4.78, 5) is 0. The minimum Gasteiger partial charge on any atom is -0.162 e. The minimum absolute atomic E-state index is 0.516. The van der Waals surface area contributed by atoms with Crippen LogP contribution in [0.3, 0.4) is 0 Å². The van der Waals surface area contributed by atoms with Crippen LogP contribution in [0.25, 0.3) is 53.6 Å². The molecule has 1 unspecified atom stereocenters. The molecule has 0 radical (unpaired) electrons. The second kappa shape index (κ2) is 11.0. The molecule has 6 aromatic rings. The fourth-order valence-corrected chi connectivity index (χ4v) is 12.2. The first-order valence-corrected chi connectivity index (χ1v) is 19.8. The predicted molar refractivity (Wildman–Crippen MR) is 195 cm³/mol. The number of rotatable bonds is 4. The van der Waals surface area contributed by atoms with E-state index in [-0.39, 0.29) is 0 Å². The van der Waals surface area contributed by atoms with Crippen LogP contribution in [0.1, 0.15) is 40.1 Å². The van der Waals surface area contributed by atoms with Crippen LogP contribution in [-0.2, 0) is 0 Å². The first-order chi connectivity index (χ1) is 21.5. The van der Waals surface area contributed by atoms with Crippen molar-refractivity contribution in [2.24, 2.45) is 0 Å². The van der Waals surface area contributed by atoms with Crippen molar-refractivity contribution in [2.45, 2.75) is 31.0 Å². The van der Waals surface area contributed by atoms with Gasteiger partial charge in [0.25, 0.3) is 0 Å². The molecule has 0 aromatic heterocycles. The van der Waals surface area contributed by atoms with Crippen molar-refractivity contribution in [3.05, 3.63) is 155 Å². The predicted octanol–water partition coefficient (Wildman–Crippen LogP) is 10.8. The molecule has 0 aliphatic heterocycles. The number of hydrogen-bond donors (Lipinski definition) is 0. The second-order valence-corrected chi connectivity index (χ2v) is 17.1. The third-order valence-electron chi connectivity index (χ3n) is 9.97. The van der Waals surface area contributed by atoms with Crippen LogP contribution in [0.2, 0.25) is 13.1 Å². The normalized spacial score (nSPS) is 15.4. The van der Waals surface area contributed by atoms with Gasteiger partial charge in [-0.1, -0.05) is 161 Å². The molecule has 2 aliphatic rings. The van der Waals surface area contributed by atoms with Crippen LogP contribution in [0.5, 0.6) is 0 Å². The number of allylic oxidation sites excluding steroid dienone is 2. The third kappa shape index (κ3) is 4.35. The van der Waals surface area contributed by atoms with Crippen LogP contribution in [0.15, 0.2) is 132 Å². The largest absolute Gasteiger partial charge is 0.426 e. The van der Waals surface area contributed by atoms with Gasteiger partial charge in [-0.25, -0.2) is 0 Å². The van der Waals surface area contributed by atoms with Gasteiger partial charge in [0.05, 0.1) is 0 Å². The first kappa shape index (κ1) is 27.7. The number of benzene rings is 6. The van der Waals surface area contributed by atoms with Crippen molar-refractivity contribution >= 4 is 65.3 Å². The maximum atomic E-state index is 2.50. The van der Waals surface area contributed by atoms with Gasteiger partial charge < -0.3 is 0 Å². The van der Waals surface area contributed by atoms with Crippen LogP contribution < -0.4 is 0 Å². The quantitative estimate of drug-likeness (QED) is 0.179. The summed E-state index contributed by atoms with van der Waals surface area (Å²) in [6.07, 6.45) is 2.50. The average molecular weight is 591 g/mol. The molecule has 44 heavy (non-hydrogen) atoms. The Balaban J connectivity index is 1.25. The highest BCUT2D eigenvalue weighted by Crippen LogP contribution is 2.46. The van der Waals surface area contributed by atoms with Crippen molar-refractivity contribution in [2.75, 3.05) is 0 Å². The van der Waals surface area contributed by atoms with E-state index in [1.165, 1.54) is 71.6 Å². The lowest BCUT2D eigenvalue weighted by atomic mass is 9.92. The van der Waals surface area contributed by atoms with Gasteiger partial charge >= 0.3 is 20.4 Å². The molecule has 0 N–H and O–H groups in total. The van der Waals surface area contributed by atoms with Crippen LogP contribution in [0, 0.1) is 0 Å². The molecule has 0 saturated heterocycles. The molecule has 0 heterocycles. The zero-order chi connectivity index (χ0) is 29.9. The van der Waals surface area contributed by atoms with Crippen molar-refractivity contribution in [1.82, 2.24) is 0 Å². The van der Waals surface area contributed by atoms with Crippen molar-refractivity contribution < 1.29 is 0 Å². The van der Waals surface area contributed by atoms with Crippen molar-refractivity contribution in [3.63, 3.8) is 0 Å². The SMILES string of the molecule is CC1=Cc2c(-c3cccc4ccccc34)cccc2[CH]1[Mg][C]1=C(C)C(=[Si](C)C)c2c1cccc2-c1cccc2ccccc12. The fraction of sp³-hybridized carbons (Fsp3) is 0.119. The van der Waals surface area contributed by atoms with Crippen molar-refractivity contribution in [3.8, 4) is 22.3 Å². The lowest BCUT2D eigenvalue weighted by Crippen LogP contribution is -2.12. The van der Waals surface area contributed by atoms with Gasteiger partial charge in [0.15, 0.2) is 0 Å². The first-order valence-electron chi connectivity index (χ1n) is 15.8. The molecule has 0 nitrogen and oxygen atoms in total. The Morgan fingerprint density at radius 2 is 1.07 bits per heavy atom. The lowest BCUT2D eigenvalue weighted by molar-refractivity contribution is 1.13. The zero-order valence-electron chi connectivity index (χ0n) is 25.9. The van der Waals surface area contributed by atoms with Gasteiger partial charge in [0, 0.05) is 8.41 Å². The molecule has 1 atom stereocenters. The van der Waals surface area contributed by atoms with Gasteiger partial charge in [0.2, 0.25) is 0 Å². The summed E-state index contributed by atoms with van der Waals surface area (Å²) in [5.74, 6) is 0. The molecule has 6 aromatic carbocycles. The summed E-state index contributed by atoms with van der Waals surface area (Å²) < 4.78 is 2.19. The molecule has 8 rings (SSSR count). The van der Waals surface area contributed by atoms with E-state index < -0.39 is 28.8 Å². The van der Waals surface area contributed by atoms with E-state index in [9.17, 15) is 0 Å². The van der Waals surface area contributed by atoms with Gasteiger partial charge in [-0.2, -0.15) is 3.70 Å². The smallest absolute Gasteiger partial charge is 0.162 e. The van der Waals surface area contributed by atoms with E-state index in [0.29, 0.717) is 4.05 Å². The van der Waals surface area contributed by atoms with Gasteiger partial charge in [-0.05, 0) is 79.5 Å². The van der Waals surface area contributed by atoms with Crippen molar-refractivity contribution in [1.29, 1.82) is 0 Å².